The summed E-state index contributed by atoms with van der Waals surface area (Å²) < 4.78 is 37.5. The average Bonchev–Trinajstić information content (AvgIpc) is 2.44. The van der Waals surface area contributed by atoms with Crippen LogP contribution >= 0.6 is 15.9 Å². The summed E-state index contributed by atoms with van der Waals surface area (Å²) in [4.78, 5) is 2.89. The van der Waals surface area contributed by atoms with Crippen molar-refractivity contribution in [1.82, 2.24) is 9.80 Å². The second-order valence-corrected chi connectivity index (χ2v) is 6.21. The number of hydrogen-bond donors (Lipinski definition) is 0. The number of alkyl halides is 4. The van der Waals surface area contributed by atoms with Gasteiger partial charge in [0, 0.05) is 25.2 Å². The molecule has 0 spiro atoms. The molecule has 0 radical (unpaired) electrons. The lowest BCUT2D eigenvalue weighted by Crippen LogP contribution is -2.42. The van der Waals surface area contributed by atoms with Crippen molar-refractivity contribution in [3.05, 3.63) is 0 Å². The summed E-state index contributed by atoms with van der Waals surface area (Å²) in [5.74, 6) is 0. The molecule has 2 rings (SSSR count). The molecule has 100 valence electrons. The summed E-state index contributed by atoms with van der Waals surface area (Å²) in [6.07, 6.45) is -0.829. The molecule has 0 aliphatic carbocycles. The predicted octanol–water partition coefficient (Wildman–Crippen LogP) is 2.48. The van der Waals surface area contributed by atoms with Crippen LogP contribution in [0.2, 0.25) is 0 Å². The Kier molecular flexibility index (Phi) is 4.05. The Morgan fingerprint density at radius 3 is 2.53 bits per heavy atom. The third kappa shape index (κ3) is 3.15. The molecule has 0 amide bonds. The first kappa shape index (κ1) is 13.6. The van der Waals surface area contributed by atoms with Crippen LogP contribution < -0.4 is 0 Å². The number of fused-ring (bicyclic) bond motifs is 2. The number of hydrogen-bond acceptors (Lipinski definition) is 2. The maximum Gasteiger partial charge on any atom is 0.402 e. The summed E-state index contributed by atoms with van der Waals surface area (Å²) in [5, 5.41) is 0. The van der Waals surface area contributed by atoms with Crippen LogP contribution in [-0.4, -0.2) is 59.6 Å². The molecule has 0 aromatic carbocycles. The molecular weight excluding hydrogens is 297 g/mol. The molecule has 0 aromatic heterocycles. The molecule has 0 aromatic rings. The van der Waals surface area contributed by atoms with Crippen molar-refractivity contribution < 1.29 is 13.2 Å². The lowest BCUT2D eigenvalue weighted by atomic mass is 10.1. The molecule has 3 atom stereocenters. The number of likely N-dealkylation sites (tertiary alicyclic amines) is 1. The van der Waals surface area contributed by atoms with E-state index in [9.17, 15) is 13.2 Å². The normalized spacial score (nSPS) is 33.7. The Balaban J connectivity index is 1.91. The van der Waals surface area contributed by atoms with E-state index in [2.05, 4.69) is 27.9 Å². The highest BCUT2D eigenvalue weighted by Crippen LogP contribution is 2.31. The van der Waals surface area contributed by atoms with E-state index in [0.717, 1.165) is 25.9 Å². The SMILES string of the molecule is CN1C2CCC1CN(CC(Br)C(F)(F)F)CC2. The molecule has 2 nitrogen and oxygen atoms in total. The minimum absolute atomic E-state index is 0.0700. The zero-order valence-electron chi connectivity index (χ0n) is 9.88. The largest absolute Gasteiger partial charge is 0.402 e. The molecule has 0 saturated carbocycles. The molecule has 3 unspecified atom stereocenters. The monoisotopic (exact) mass is 314 g/mol. The van der Waals surface area contributed by atoms with Gasteiger partial charge in [-0.2, -0.15) is 13.2 Å². The molecule has 0 N–H and O–H groups in total. The van der Waals surface area contributed by atoms with Crippen molar-refractivity contribution in [3.63, 3.8) is 0 Å². The molecule has 6 heteroatoms. The van der Waals surface area contributed by atoms with Gasteiger partial charge in [-0.05, 0) is 32.9 Å². The Labute approximate surface area is 108 Å². The van der Waals surface area contributed by atoms with Gasteiger partial charge in [0.15, 0.2) is 0 Å². The van der Waals surface area contributed by atoms with Crippen LogP contribution in [0.5, 0.6) is 0 Å². The summed E-state index contributed by atoms with van der Waals surface area (Å²) in [7, 11) is 2.10. The van der Waals surface area contributed by atoms with Gasteiger partial charge in [-0.15, -0.1) is 0 Å². The van der Waals surface area contributed by atoms with Crippen molar-refractivity contribution in [3.8, 4) is 0 Å². The van der Waals surface area contributed by atoms with Crippen LogP contribution in [0.15, 0.2) is 0 Å². The highest BCUT2D eigenvalue weighted by molar-refractivity contribution is 9.09. The average molecular weight is 315 g/mol. The minimum atomic E-state index is -4.14. The number of likely N-dealkylation sites (N-methyl/N-ethyl adjacent to an activating group) is 1. The molecule has 2 aliphatic heterocycles. The van der Waals surface area contributed by atoms with E-state index < -0.39 is 11.0 Å². The lowest BCUT2D eigenvalue weighted by Gasteiger charge is -2.28. The molecule has 2 aliphatic rings. The Hall–Kier alpha value is 0.190. The molecule has 2 bridgehead atoms. The molecular formula is C11H18BrF3N2. The van der Waals surface area contributed by atoms with Gasteiger partial charge in [0.1, 0.15) is 4.83 Å². The fraction of sp³-hybridized carbons (Fsp3) is 1.00. The third-order valence-corrected chi connectivity index (χ3v) is 4.81. The maximum atomic E-state index is 12.5. The molecule has 17 heavy (non-hydrogen) atoms. The third-order valence-electron chi connectivity index (χ3n) is 4.01. The second-order valence-electron chi connectivity index (χ2n) is 5.11. The highest BCUT2D eigenvalue weighted by Gasteiger charge is 2.41. The molecule has 2 heterocycles. The standard InChI is InChI=1S/C11H18BrF3N2/c1-16-8-2-3-9(16)6-17(5-4-8)7-10(12)11(13,14)15/h8-10H,2-7H2,1H3. The van der Waals surface area contributed by atoms with Gasteiger partial charge >= 0.3 is 6.18 Å². The first-order valence-corrected chi connectivity index (χ1v) is 6.94. The smallest absolute Gasteiger partial charge is 0.300 e. The van der Waals surface area contributed by atoms with Crippen LogP contribution in [-0.2, 0) is 0 Å². The van der Waals surface area contributed by atoms with Crippen molar-refractivity contribution >= 4 is 15.9 Å². The molecule has 2 fully saturated rings. The van der Waals surface area contributed by atoms with E-state index >= 15 is 0 Å². The highest BCUT2D eigenvalue weighted by atomic mass is 79.9. The van der Waals surface area contributed by atoms with Crippen molar-refractivity contribution in [2.45, 2.75) is 42.3 Å². The molecule has 2 saturated heterocycles. The quantitative estimate of drug-likeness (QED) is 0.723. The number of rotatable bonds is 2. The number of halogens is 4. The Morgan fingerprint density at radius 2 is 1.88 bits per heavy atom. The summed E-state index contributed by atoms with van der Waals surface area (Å²) in [6.45, 7) is 1.62. The van der Waals surface area contributed by atoms with Gasteiger partial charge < -0.3 is 4.90 Å². The zero-order chi connectivity index (χ0) is 12.6. The van der Waals surface area contributed by atoms with Crippen LogP contribution in [0, 0.1) is 0 Å². The van der Waals surface area contributed by atoms with E-state index in [1.807, 2.05) is 4.90 Å². The lowest BCUT2D eigenvalue weighted by molar-refractivity contribution is -0.130. The first-order valence-electron chi connectivity index (χ1n) is 6.03. The summed E-state index contributed by atoms with van der Waals surface area (Å²) in [6, 6.07) is 1.01. The predicted molar refractivity (Wildman–Crippen MR) is 64.4 cm³/mol. The van der Waals surface area contributed by atoms with Gasteiger partial charge in [0.2, 0.25) is 0 Å². The topological polar surface area (TPSA) is 6.48 Å². The van der Waals surface area contributed by atoms with Crippen LogP contribution in [0.4, 0.5) is 13.2 Å². The Bertz CT molecular complexity index is 272. The van der Waals surface area contributed by atoms with Gasteiger partial charge in [-0.1, -0.05) is 15.9 Å². The summed E-state index contributed by atoms with van der Waals surface area (Å²) >= 11 is 2.75. The van der Waals surface area contributed by atoms with E-state index in [0.29, 0.717) is 12.1 Å². The van der Waals surface area contributed by atoms with E-state index in [4.69, 9.17) is 0 Å². The number of nitrogens with zero attached hydrogens (tertiary/aromatic N) is 2. The van der Waals surface area contributed by atoms with Crippen LogP contribution in [0.1, 0.15) is 19.3 Å². The van der Waals surface area contributed by atoms with Crippen LogP contribution in [0.25, 0.3) is 0 Å². The fourth-order valence-corrected chi connectivity index (χ4v) is 3.28. The Morgan fingerprint density at radius 1 is 1.24 bits per heavy atom. The van der Waals surface area contributed by atoms with Gasteiger partial charge in [-0.25, -0.2) is 0 Å². The van der Waals surface area contributed by atoms with Crippen LogP contribution in [0.3, 0.4) is 0 Å². The van der Waals surface area contributed by atoms with Gasteiger partial charge in [0.05, 0.1) is 0 Å². The van der Waals surface area contributed by atoms with Crippen molar-refractivity contribution in [2.24, 2.45) is 0 Å². The van der Waals surface area contributed by atoms with Gasteiger partial charge in [-0.3, -0.25) is 4.90 Å². The first-order chi connectivity index (χ1) is 7.88. The van der Waals surface area contributed by atoms with E-state index in [1.54, 1.807) is 0 Å². The van der Waals surface area contributed by atoms with Crippen molar-refractivity contribution in [2.75, 3.05) is 26.7 Å². The van der Waals surface area contributed by atoms with E-state index in [1.165, 1.54) is 6.42 Å². The fourth-order valence-electron chi connectivity index (χ4n) is 2.88. The minimum Gasteiger partial charge on any atom is -0.300 e. The van der Waals surface area contributed by atoms with Gasteiger partial charge in [0.25, 0.3) is 0 Å². The zero-order valence-corrected chi connectivity index (χ0v) is 11.5. The summed E-state index contributed by atoms with van der Waals surface area (Å²) in [5.41, 5.74) is 0. The second kappa shape index (κ2) is 5.05. The van der Waals surface area contributed by atoms with E-state index in [-0.39, 0.29) is 6.54 Å². The van der Waals surface area contributed by atoms with Crippen molar-refractivity contribution in [1.29, 1.82) is 0 Å². The maximum absolute atomic E-state index is 12.5.